The van der Waals surface area contributed by atoms with Gasteiger partial charge in [-0.3, -0.25) is 4.79 Å². The number of alkyl halides is 3. The maximum Gasteiger partial charge on any atom is 0.422 e. The van der Waals surface area contributed by atoms with Crippen LogP contribution in [0.2, 0.25) is 0 Å². The van der Waals surface area contributed by atoms with E-state index in [4.69, 9.17) is 9.47 Å². The molecule has 0 unspecified atom stereocenters. The molecule has 1 aromatic rings. The number of halogens is 3. The number of hydrazone groups is 1. The van der Waals surface area contributed by atoms with E-state index in [1.807, 2.05) is 0 Å². The molecular weight excluding hydrogens is 309 g/mol. The second kappa shape index (κ2) is 6.25. The average molecular weight is 320 g/mol. The summed E-state index contributed by atoms with van der Waals surface area (Å²) in [4.78, 5) is 11.0. The third kappa shape index (κ3) is 4.03. The fraction of sp³-hybridized carbons (Fsp3) is 0.333. The highest BCUT2D eigenvalue weighted by atomic mass is 32.2. The Morgan fingerprint density at radius 3 is 2.76 bits per heavy atom. The van der Waals surface area contributed by atoms with Crippen molar-refractivity contribution in [3.05, 3.63) is 23.8 Å². The molecule has 21 heavy (non-hydrogen) atoms. The largest absolute Gasteiger partial charge is 0.493 e. The van der Waals surface area contributed by atoms with Gasteiger partial charge >= 0.3 is 6.18 Å². The summed E-state index contributed by atoms with van der Waals surface area (Å²) in [5.74, 6) is 0.357. The molecular formula is C12H11F3N2O3S. The Hall–Kier alpha value is -1.90. The van der Waals surface area contributed by atoms with Crippen LogP contribution in [0.5, 0.6) is 11.5 Å². The molecule has 1 amide bonds. The van der Waals surface area contributed by atoms with Crippen molar-refractivity contribution in [1.29, 1.82) is 0 Å². The molecule has 0 spiro atoms. The standard InChI is InChI=1S/C12H11F3N2O3S/c1-19-9-4-2-3-7(8-5-21-11(18)17-16-8)10(9)20-6-12(13,14)15/h2-4H,5-6H2,1H3,(H,17,18). The SMILES string of the molecule is COc1cccc(C2=NNC(=O)SC2)c1OCC(F)(F)F. The Morgan fingerprint density at radius 1 is 1.43 bits per heavy atom. The second-order valence-electron chi connectivity index (χ2n) is 3.99. The zero-order valence-corrected chi connectivity index (χ0v) is 11.7. The van der Waals surface area contributed by atoms with E-state index in [0.29, 0.717) is 11.3 Å². The number of amides is 1. The number of carbonyl (C=O) groups excluding carboxylic acids is 1. The van der Waals surface area contributed by atoms with Crippen molar-refractivity contribution < 1.29 is 27.4 Å². The van der Waals surface area contributed by atoms with Gasteiger partial charge in [-0.05, 0) is 12.1 Å². The maximum atomic E-state index is 12.3. The van der Waals surface area contributed by atoms with Crippen molar-refractivity contribution in [2.75, 3.05) is 19.5 Å². The lowest BCUT2D eigenvalue weighted by Gasteiger charge is -2.18. The van der Waals surface area contributed by atoms with E-state index in [9.17, 15) is 18.0 Å². The number of thioether (sulfide) groups is 1. The van der Waals surface area contributed by atoms with E-state index in [1.54, 1.807) is 12.1 Å². The van der Waals surface area contributed by atoms with Gasteiger partial charge in [0.15, 0.2) is 18.1 Å². The van der Waals surface area contributed by atoms with E-state index >= 15 is 0 Å². The molecule has 114 valence electrons. The van der Waals surface area contributed by atoms with Crippen LogP contribution >= 0.6 is 11.8 Å². The molecule has 0 bridgehead atoms. The first-order chi connectivity index (χ1) is 9.90. The molecule has 1 heterocycles. The van der Waals surface area contributed by atoms with Crippen LogP contribution in [0.4, 0.5) is 18.0 Å². The van der Waals surface area contributed by atoms with Gasteiger partial charge in [-0.2, -0.15) is 18.3 Å². The number of benzene rings is 1. The number of nitrogens with zero attached hydrogens (tertiary/aromatic N) is 1. The summed E-state index contributed by atoms with van der Waals surface area (Å²) in [5.41, 5.74) is 3.03. The topological polar surface area (TPSA) is 59.9 Å². The number of hydrogen-bond acceptors (Lipinski definition) is 5. The first-order valence-electron chi connectivity index (χ1n) is 5.77. The van der Waals surface area contributed by atoms with Gasteiger partial charge < -0.3 is 9.47 Å². The Bertz CT molecular complexity index is 575. The van der Waals surface area contributed by atoms with E-state index in [2.05, 4.69) is 10.5 Å². The number of methoxy groups -OCH3 is 1. The van der Waals surface area contributed by atoms with Crippen molar-refractivity contribution in [2.24, 2.45) is 5.10 Å². The summed E-state index contributed by atoms with van der Waals surface area (Å²) in [5, 5.41) is 3.52. The summed E-state index contributed by atoms with van der Waals surface area (Å²) in [7, 11) is 1.33. The molecule has 1 N–H and O–H groups in total. The summed E-state index contributed by atoms with van der Waals surface area (Å²) < 4.78 is 46.9. The molecule has 1 aliphatic heterocycles. The van der Waals surface area contributed by atoms with Gasteiger partial charge in [0.05, 0.1) is 12.8 Å². The fourth-order valence-electron chi connectivity index (χ4n) is 1.66. The van der Waals surface area contributed by atoms with E-state index < -0.39 is 12.8 Å². The Balaban J connectivity index is 2.34. The minimum atomic E-state index is -4.46. The molecule has 5 nitrogen and oxygen atoms in total. The highest BCUT2D eigenvalue weighted by molar-refractivity contribution is 8.14. The molecule has 0 aromatic heterocycles. The molecule has 2 rings (SSSR count). The summed E-state index contributed by atoms with van der Waals surface area (Å²) >= 11 is 0.967. The molecule has 9 heteroatoms. The Morgan fingerprint density at radius 2 is 2.19 bits per heavy atom. The lowest BCUT2D eigenvalue weighted by molar-refractivity contribution is -0.153. The first kappa shape index (κ1) is 15.5. The molecule has 0 aliphatic carbocycles. The van der Waals surface area contributed by atoms with Gasteiger partial charge in [-0.25, -0.2) is 5.43 Å². The van der Waals surface area contributed by atoms with E-state index in [1.165, 1.54) is 13.2 Å². The van der Waals surface area contributed by atoms with E-state index in [0.717, 1.165) is 11.8 Å². The fourth-order valence-corrected chi connectivity index (χ4v) is 2.25. The molecule has 0 fully saturated rings. The molecule has 0 saturated heterocycles. The number of hydrogen-bond donors (Lipinski definition) is 1. The maximum absolute atomic E-state index is 12.3. The molecule has 0 saturated carbocycles. The van der Waals surface area contributed by atoms with Gasteiger partial charge in [0.2, 0.25) is 0 Å². The monoisotopic (exact) mass is 320 g/mol. The summed E-state index contributed by atoms with van der Waals surface area (Å²) in [6.07, 6.45) is -4.46. The number of nitrogens with one attached hydrogen (secondary N) is 1. The number of carbonyl (C=O) groups is 1. The summed E-state index contributed by atoms with van der Waals surface area (Å²) in [6, 6.07) is 4.66. The van der Waals surface area contributed by atoms with Gasteiger partial charge in [0.25, 0.3) is 5.24 Å². The third-order valence-corrected chi connectivity index (χ3v) is 3.28. The van der Waals surface area contributed by atoms with Crippen LogP contribution in [-0.4, -0.2) is 36.6 Å². The van der Waals surface area contributed by atoms with Crippen LogP contribution < -0.4 is 14.9 Å². The quantitative estimate of drug-likeness (QED) is 0.927. The average Bonchev–Trinajstić information content (AvgIpc) is 2.44. The Kier molecular flexibility index (Phi) is 4.61. The summed E-state index contributed by atoms with van der Waals surface area (Å²) in [6.45, 7) is -1.44. The molecule has 1 aliphatic rings. The van der Waals surface area contributed by atoms with Gasteiger partial charge in [0.1, 0.15) is 0 Å². The van der Waals surface area contributed by atoms with Crippen LogP contribution in [0.3, 0.4) is 0 Å². The zero-order valence-electron chi connectivity index (χ0n) is 10.9. The number of para-hydroxylation sites is 1. The smallest absolute Gasteiger partial charge is 0.422 e. The predicted molar refractivity (Wildman–Crippen MR) is 72.1 cm³/mol. The lowest BCUT2D eigenvalue weighted by atomic mass is 10.1. The van der Waals surface area contributed by atoms with Gasteiger partial charge in [-0.15, -0.1) is 0 Å². The van der Waals surface area contributed by atoms with Crippen molar-refractivity contribution in [3.8, 4) is 11.5 Å². The highest BCUT2D eigenvalue weighted by Crippen LogP contribution is 2.34. The van der Waals surface area contributed by atoms with Gasteiger partial charge in [0, 0.05) is 11.3 Å². The highest BCUT2D eigenvalue weighted by Gasteiger charge is 2.30. The minimum absolute atomic E-state index is 0.0483. The van der Waals surface area contributed by atoms with Crippen molar-refractivity contribution >= 4 is 22.7 Å². The van der Waals surface area contributed by atoms with Crippen molar-refractivity contribution in [1.82, 2.24) is 5.43 Å². The van der Waals surface area contributed by atoms with Crippen molar-refractivity contribution in [2.45, 2.75) is 6.18 Å². The van der Waals surface area contributed by atoms with Crippen LogP contribution in [0.15, 0.2) is 23.3 Å². The number of rotatable bonds is 4. The lowest BCUT2D eigenvalue weighted by Crippen LogP contribution is -2.25. The van der Waals surface area contributed by atoms with Crippen molar-refractivity contribution in [3.63, 3.8) is 0 Å². The zero-order chi connectivity index (χ0) is 15.5. The third-order valence-electron chi connectivity index (χ3n) is 2.51. The van der Waals surface area contributed by atoms with Crippen LogP contribution in [0.1, 0.15) is 5.56 Å². The van der Waals surface area contributed by atoms with Gasteiger partial charge in [-0.1, -0.05) is 17.8 Å². The first-order valence-corrected chi connectivity index (χ1v) is 6.75. The number of ether oxygens (including phenoxy) is 2. The van der Waals surface area contributed by atoms with Crippen LogP contribution in [-0.2, 0) is 0 Å². The predicted octanol–water partition coefficient (Wildman–Crippen LogP) is 2.80. The van der Waals surface area contributed by atoms with E-state index in [-0.39, 0.29) is 22.5 Å². The normalized spacial score (nSPS) is 15.2. The molecule has 0 atom stereocenters. The molecule has 0 radical (unpaired) electrons. The Labute approximate surface area is 122 Å². The minimum Gasteiger partial charge on any atom is -0.493 e. The second-order valence-corrected chi connectivity index (χ2v) is 4.94. The molecule has 1 aromatic carbocycles. The van der Waals surface area contributed by atoms with Crippen LogP contribution in [0, 0.1) is 0 Å². The van der Waals surface area contributed by atoms with Crippen LogP contribution in [0.25, 0.3) is 0 Å².